The Morgan fingerprint density at radius 1 is 0.896 bits per heavy atom. The van der Waals surface area contributed by atoms with Crippen LogP contribution in [0, 0.1) is 0 Å². The first-order chi connectivity index (χ1) is 23.3. The lowest BCUT2D eigenvalue weighted by Crippen LogP contribution is -2.42. The zero-order valence-electron chi connectivity index (χ0n) is 25.7. The van der Waals surface area contributed by atoms with Crippen LogP contribution in [0.25, 0.3) is 0 Å². The molecule has 16 nitrogen and oxygen atoms in total. The molecule has 1 aliphatic rings. The predicted molar refractivity (Wildman–Crippen MR) is 170 cm³/mol. The van der Waals surface area contributed by atoms with Gasteiger partial charge in [0.1, 0.15) is 31.1 Å². The van der Waals surface area contributed by atoms with Crippen molar-refractivity contribution in [2.75, 3.05) is 63.3 Å². The first kappa shape index (κ1) is 33.7. The van der Waals surface area contributed by atoms with Crippen LogP contribution in [-0.4, -0.2) is 93.5 Å². The highest BCUT2D eigenvalue weighted by molar-refractivity contribution is 7.92. The van der Waals surface area contributed by atoms with Crippen LogP contribution in [0.4, 0.5) is 16.4 Å². The number of morpholine rings is 1. The normalized spacial score (nSPS) is 12.8. The van der Waals surface area contributed by atoms with Crippen LogP contribution in [-0.2, 0) is 24.3 Å². The molecule has 2 N–H and O–H groups in total. The van der Waals surface area contributed by atoms with Gasteiger partial charge in [0.05, 0.1) is 25.2 Å². The molecule has 252 valence electrons. The van der Waals surface area contributed by atoms with E-state index in [2.05, 4.69) is 25.0 Å². The summed E-state index contributed by atoms with van der Waals surface area (Å²) in [7, 11) is -2.78. The molecule has 5 rings (SSSR count). The zero-order valence-corrected chi connectivity index (χ0v) is 26.6. The number of hydrogen-bond acceptors (Lipinski definition) is 13. The van der Waals surface area contributed by atoms with Crippen LogP contribution >= 0.6 is 0 Å². The molecule has 0 unspecified atom stereocenters. The third-order valence-electron chi connectivity index (χ3n) is 6.59. The summed E-state index contributed by atoms with van der Waals surface area (Å²) in [5, 5.41) is 2.48. The number of aromatic nitrogens is 3. The summed E-state index contributed by atoms with van der Waals surface area (Å²) in [4.78, 5) is 38.2. The predicted octanol–water partition coefficient (Wildman–Crippen LogP) is 3.34. The van der Waals surface area contributed by atoms with Crippen LogP contribution in [0.3, 0.4) is 0 Å². The Labute approximate surface area is 276 Å². The van der Waals surface area contributed by atoms with Gasteiger partial charge in [-0.1, -0.05) is 18.2 Å². The number of ether oxygens (including phenoxy) is 6. The van der Waals surface area contributed by atoms with E-state index in [4.69, 9.17) is 28.4 Å². The maximum atomic E-state index is 13.4. The van der Waals surface area contributed by atoms with E-state index in [-0.39, 0.29) is 53.8 Å². The fraction of sp³-hybridized carbons (Fsp3) is 0.258. The Balaban J connectivity index is 1.28. The van der Waals surface area contributed by atoms with Crippen LogP contribution in [0.2, 0.25) is 0 Å². The van der Waals surface area contributed by atoms with Gasteiger partial charge in [0.2, 0.25) is 5.75 Å². The molecular weight excluding hydrogens is 648 g/mol. The first-order valence-electron chi connectivity index (χ1n) is 14.6. The highest BCUT2D eigenvalue weighted by Gasteiger charge is 2.24. The molecule has 2 amide bonds. The fourth-order valence-corrected chi connectivity index (χ4v) is 5.25. The maximum Gasteiger partial charge on any atom is 0.412 e. The van der Waals surface area contributed by atoms with Crippen molar-refractivity contribution in [3.05, 3.63) is 79.3 Å². The molecule has 0 aliphatic carbocycles. The van der Waals surface area contributed by atoms with Gasteiger partial charge in [0.25, 0.3) is 21.8 Å². The molecule has 17 heteroatoms. The van der Waals surface area contributed by atoms with E-state index in [1.807, 2.05) is 0 Å². The summed E-state index contributed by atoms with van der Waals surface area (Å²) < 4.78 is 62.4. The van der Waals surface area contributed by atoms with E-state index in [0.717, 1.165) is 6.33 Å². The van der Waals surface area contributed by atoms with Crippen LogP contribution in [0.5, 0.6) is 28.9 Å². The fourth-order valence-electron chi connectivity index (χ4n) is 4.24. The van der Waals surface area contributed by atoms with E-state index < -0.39 is 16.1 Å². The van der Waals surface area contributed by atoms with Crippen LogP contribution < -0.4 is 29.0 Å². The lowest BCUT2D eigenvalue weighted by molar-refractivity contribution is -0.137. The van der Waals surface area contributed by atoms with Crippen molar-refractivity contribution in [3.63, 3.8) is 0 Å². The molecule has 1 saturated heterocycles. The number of para-hydroxylation sites is 2. The number of rotatable bonds is 14. The number of benzene rings is 2. The second-order valence-corrected chi connectivity index (χ2v) is 11.5. The van der Waals surface area contributed by atoms with Crippen LogP contribution in [0.1, 0.15) is 0 Å². The standard InChI is InChI=1S/C31H32N6O10S/c1-42-24-6-2-3-7-25(24)47-28-29(33-21-34-30(28)44-18-19-45-31(39)35-26-8-4-5-13-32-26)36-48(40,41)23-11-9-22(10-12-23)46-20-27(38)37-14-16-43-17-15-37/h2-13,21H,14-20H2,1H3,(H,32,35,39)(H,33,34,36). The number of pyridine rings is 1. The molecule has 0 bridgehead atoms. The maximum absolute atomic E-state index is 13.4. The number of carbonyl (C=O) groups is 2. The molecule has 0 spiro atoms. The average molecular weight is 681 g/mol. The van der Waals surface area contributed by atoms with Gasteiger partial charge in [-0.15, -0.1) is 0 Å². The summed E-state index contributed by atoms with van der Waals surface area (Å²) in [5.41, 5.74) is 0. The molecule has 1 fully saturated rings. The second kappa shape index (κ2) is 16.2. The van der Waals surface area contributed by atoms with Gasteiger partial charge in [-0.3, -0.25) is 14.8 Å². The lowest BCUT2D eigenvalue weighted by atomic mass is 10.3. The highest BCUT2D eigenvalue weighted by Crippen LogP contribution is 2.40. The van der Waals surface area contributed by atoms with E-state index >= 15 is 0 Å². The topological polar surface area (TPSA) is 190 Å². The third kappa shape index (κ3) is 9.20. The van der Waals surface area contributed by atoms with E-state index in [1.54, 1.807) is 47.4 Å². The van der Waals surface area contributed by atoms with Crippen LogP contribution in [0.15, 0.2) is 84.1 Å². The summed E-state index contributed by atoms with van der Waals surface area (Å²) in [6, 6.07) is 17.2. The number of anilines is 2. The van der Waals surface area contributed by atoms with Crippen molar-refractivity contribution in [2.24, 2.45) is 0 Å². The van der Waals surface area contributed by atoms with Crippen molar-refractivity contribution in [3.8, 4) is 28.9 Å². The number of carbonyl (C=O) groups excluding carboxylic acids is 2. The van der Waals surface area contributed by atoms with Gasteiger partial charge in [-0.25, -0.2) is 23.2 Å². The number of nitrogens with one attached hydrogen (secondary N) is 2. The zero-order chi connectivity index (χ0) is 33.8. The van der Waals surface area contributed by atoms with Crippen molar-refractivity contribution in [1.29, 1.82) is 0 Å². The molecule has 0 atom stereocenters. The Morgan fingerprint density at radius 2 is 1.65 bits per heavy atom. The van der Waals surface area contributed by atoms with Gasteiger partial charge in [-0.2, -0.15) is 4.98 Å². The molecular formula is C31H32N6O10S. The molecule has 0 radical (unpaired) electrons. The highest BCUT2D eigenvalue weighted by atomic mass is 32.2. The van der Waals surface area contributed by atoms with Crippen molar-refractivity contribution >= 4 is 33.7 Å². The smallest absolute Gasteiger partial charge is 0.412 e. The van der Waals surface area contributed by atoms with Crippen molar-refractivity contribution in [2.45, 2.75) is 4.90 Å². The SMILES string of the molecule is COc1ccccc1Oc1c(NS(=O)(=O)c2ccc(OCC(=O)N3CCOCC3)cc2)ncnc1OCCOC(=O)Nc1ccccn1. The third-order valence-corrected chi connectivity index (χ3v) is 7.95. The number of hydrogen-bond donors (Lipinski definition) is 2. The largest absolute Gasteiger partial charge is 0.493 e. The van der Waals surface area contributed by atoms with E-state index in [1.165, 1.54) is 37.6 Å². The molecule has 48 heavy (non-hydrogen) atoms. The Kier molecular flexibility index (Phi) is 11.4. The average Bonchev–Trinajstić information content (AvgIpc) is 3.11. The second-order valence-electron chi connectivity index (χ2n) is 9.79. The monoisotopic (exact) mass is 680 g/mol. The Morgan fingerprint density at radius 3 is 2.38 bits per heavy atom. The van der Waals surface area contributed by atoms with Gasteiger partial charge in [0.15, 0.2) is 23.9 Å². The van der Waals surface area contributed by atoms with Gasteiger partial charge < -0.3 is 33.3 Å². The number of nitrogens with zero attached hydrogens (tertiary/aromatic N) is 4. The van der Waals surface area contributed by atoms with E-state index in [9.17, 15) is 18.0 Å². The molecule has 1 aliphatic heterocycles. The minimum atomic E-state index is -4.23. The van der Waals surface area contributed by atoms with Gasteiger partial charge in [-0.05, 0) is 48.5 Å². The quantitative estimate of drug-likeness (QED) is 0.185. The van der Waals surface area contributed by atoms with Crippen molar-refractivity contribution < 1.29 is 46.4 Å². The molecule has 3 heterocycles. The summed E-state index contributed by atoms with van der Waals surface area (Å²) >= 11 is 0. The summed E-state index contributed by atoms with van der Waals surface area (Å²) in [6.45, 7) is 1.36. The van der Waals surface area contributed by atoms with Gasteiger partial charge in [0, 0.05) is 19.3 Å². The molecule has 4 aromatic rings. The number of methoxy groups -OCH3 is 1. The number of sulfonamides is 1. The minimum absolute atomic E-state index is 0.119. The molecule has 0 saturated carbocycles. The molecule has 2 aromatic carbocycles. The van der Waals surface area contributed by atoms with Crippen molar-refractivity contribution in [1.82, 2.24) is 19.9 Å². The van der Waals surface area contributed by atoms with Gasteiger partial charge >= 0.3 is 6.09 Å². The Hall–Kier alpha value is -5.68. The lowest BCUT2D eigenvalue weighted by Gasteiger charge is -2.26. The molecule has 2 aromatic heterocycles. The Bertz CT molecular complexity index is 1790. The summed E-state index contributed by atoms with van der Waals surface area (Å²) in [6.07, 6.45) is 1.85. The number of amides is 2. The first-order valence-corrected chi connectivity index (χ1v) is 16.1. The summed E-state index contributed by atoms with van der Waals surface area (Å²) in [5.74, 6) is 0.434. The van der Waals surface area contributed by atoms with E-state index in [0.29, 0.717) is 43.6 Å². The minimum Gasteiger partial charge on any atom is -0.493 e.